The second-order valence-electron chi connectivity index (χ2n) is 7.99. The van der Waals surface area contributed by atoms with E-state index in [4.69, 9.17) is 0 Å². The minimum Gasteiger partial charge on any atom is -0.347 e. The van der Waals surface area contributed by atoms with Gasteiger partial charge in [-0.1, -0.05) is 6.42 Å². The zero-order chi connectivity index (χ0) is 18.3. The Bertz CT molecular complexity index is 700. The van der Waals surface area contributed by atoms with Gasteiger partial charge in [0.05, 0.1) is 6.04 Å². The Morgan fingerprint density at radius 2 is 2.00 bits per heavy atom. The topological polar surface area (TPSA) is 83.4 Å². The number of piperidine rings is 1. The number of carbonyl (C=O) groups is 2. The minimum atomic E-state index is -0.150. The van der Waals surface area contributed by atoms with Crippen molar-refractivity contribution in [1.82, 2.24) is 25.0 Å². The number of hydrogen-bond donors (Lipinski definition) is 1. The second-order valence-corrected chi connectivity index (χ2v) is 7.99. The molecule has 8 heteroatoms. The number of likely N-dealkylation sites (N-methyl/N-ethyl adjacent to an activating group) is 1. The molecular weight excluding hydrogens is 332 g/mol. The van der Waals surface area contributed by atoms with E-state index in [9.17, 15) is 9.59 Å². The van der Waals surface area contributed by atoms with Gasteiger partial charge in [-0.3, -0.25) is 14.2 Å². The highest BCUT2D eigenvalue weighted by atomic mass is 16.2. The number of rotatable bonds is 4. The van der Waals surface area contributed by atoms with Gasteiger partial charge in [-0.15, -0.1) is 10.2 Å². The molecule has 3 atom stereocenters. The van der Waals surface area contributed by atoms with Gasteiger partial charge in [0, 0.05) is 33.1 Å². The average molecular weight is 360 g/mol. The van der Waals surface area contributed by atoms with E-state index >= 15 is 0 Å². The Morgan fingerprint density at radius 3 is 2.73 bits per heavy atom. The Morgan fingerprint density at radius 1 is 1.19 bits per heavy atom. The summed E-state index contributed by atoms with van der Waals surface area (Å²) in [4.78, 5) is 28.1. The summed E-state index contributed by atoms with van der Waals surface area (Å²) in [6.45, 7) is 1.18. The molecular formula is C18H28N6O2. The molecule has 142 valence electrons. The van der Waals surface area contributed by atoms with Crippen molar-refractivity contribution in [3.05, 3.63) is 5.82 Å². The molecule has 1 aromatic heterocycles. The van der Waals surface area contributed by atoms with Crippen LogP contribution in [-0.4, -0.2) is 58.2 Å². The number of anilines is 1. The summed E-state index contributed by atoms with van der Waals surface area (Å²) in [6, 6.07) is 0.357. The van der Waals surface area contributed by atoms with Crippen LogP contribution in [0.5, 0.6) is 0 Å². The Kier molecular flexibility index (Phi) is 4.58. The molecule has 4 rings (SSSR count). The van der Waals surface area contributed by atoms with Gasteiger partial charge in [0.1, 0.15) is 6.54 Å². The quantitative estimate of drug-likeness (QED) is 0.869. The molecule has 8 nitrogen and oxygen atoms in total. The molecule has 0 bridgehead atoms. The molecule has 2 amide bonds. The predicted molar refractivity (Wildman–Crippen MR) is 96.5 cm³/mol. The third-order valence-corrected chi connectivity index (χ3v) is 6.11. The number of nitrogens with one attached hydrogen (secondary N) is 1. The molecule has 2 aliphatic heterocycles. The number of amides is 2. The van der Waals surface area contributed by atoms with Crippen molar-refractivity contribution < 1.29 is 9.59 Å². The van der Waals surface area contributed by atoms with E-state index in [1.165, 1.54) is 25.7 Å². The van der Waals surface area contributed by atoms with Gasteiger partial charge in [0.15, 0.2) is 5.82 Å². The zero-order valence-corrected chi connectivity index (χ0v) is 15.6. The Balaban J connectivity index is 1.68. The van der Waals surface area contributed by atoms with Gasteiger partial charge in [-0.05, 0) is 38.0 Å². The predicted octanol–water partition coefficient (Wildman–Crippen LogP) is 1.09. The second kappa shape index (κ2) is 6.89. The first-order chi connectivity index (χ1) is 12.5. The molecule has 1 N–H and O–H groups in total. The smallest absolute Gasteiger partial charge is 0.242 e. The number of carbonyl (C=O) groups excluding carboxylic acids is 2. The monoisotopic (exact) mass is 360 g/mol. The summed E-state index contributed by atoms with van der Waals surface area (Å²) in [5, 5.41) is 11.9. The normalized spacial score (nSPS) is 28.2. The van der Waals surface area contributed by atoms with Crippen LogP contribution in [0.3, 0.4) is 0 Å². The fourth-order valence-corrected chi connectivity index (χ4v) is 4.72. The molecule has 2 saturated heterocycles. The maximum absolute atomic E-state index is 12.4. The average Bonchev–Trinajstić information content (AvgIpc) is 3.33. The SMILES string of the molecule is CN(C)C(=O)Cn1c(C2CCC(=O)N2)nnc1N1CCCC2CCCC21. The fourth-order valence-electron chi connectivity index (χ4n) is 4.72. The van der Waals surface area contributed by atoms with Crippen LogP contribution in [0, 0.1) is 5.92 Å². The van der Waals surface area contributed by atoms with E-state index in [0.717, 1.165) is 24.8 Å². The molecule has 1 aromatic rings. The Labute approximate surface area is 153 Å². The lowest BCUT2D eigenvalue weighted by atomic mass is 9.92. The van der Waals surface area contributed by atoms with Crippen LogP contribution in [0.25, 0.3) is 0 Å². The lowest BCUT2D eigenvalue weighted by Crippen LogP contribution is -2.44. The van der Waals surface area contributed by atoms with Crippen molar-refractivity contribution in [3.8, 4) is 0 Å². The van der Waals surface area contributed by atoms with Crippen molar-refractivity contribution in [3.63, 3.8) is 0 Å². The third kappa shape index (κ3) is 3.05. The molecule has 3 heterocycles. The van der Waals surface area contributed by atoms with Gasteiger partial charge in [-0.25, -0.2) is 0 Å². The molecule has 0 radical (unpaired) electrons. The summed E-state index contributed by atoms with van der Waals surface area (Å²) < 4.78 is 1.94. The molecule has 3 unspecified atom stereocenters. The van der Waals surface area contributed by atoms with Gasteiger partial charge in [0.25, 0.3) is 0 Å². The van der Waals surface area contributed by atoms with E-state index in [2.05, 4.69) is 20.4 Å². The van der Waals surface area contributed by atoms with Crippen molar-refractivity contribution >= 4 is 17.8 Å². The molecule has 1 saturated carbocycles. The van der Waals surface area contributed by atoms with Gasteiger partial charge in [-0.2, -0.15) is 0 Å². The molecule has 0 spiro atoms. The molecule has 3 fully saturated rings. The molecule has 0 aromatic carbocycles. The largest absolute Gasteiger partial charge is 0.347 e. The van der Waals surface area contributed by atoms with Gasteiger partial charge >= 0.3 is 0 Å². The maximum atomic E-state index is 12.4. The highest BCUT2D eigenvalue weighted by molar-refractivity contribution is 5.79. The number of aromatic nitrogens is 3. The van der Waals surface area contributed by atoms with E-state index in [-0.39, 0.29) is 24.4 Å². The maximum Gasteiger partial charge on any atom is 0.242 e. The van der Waals surface area contributed by atoms with Crippen LogP contribution in [-0.2, 0) is 16.1 Å². The van der Waals surface area contributed by atoms with Crippen LogP contribution in [0.4, 0.5) is 5.95 Å². The first-order valence-electron chi connectivity index (χ1n) is 9.74. The minimum absolute atomic E-state index is 0.0107. The zero-order valence-electron chi connectivity index (χ0n) is 15.6. The van der Waals surface area contributed by atoms with Crippen LogP contribution < -0.4 is 10.2 Å². The number of hydrogen-bond acceptors (Lipinski definition) is 5. The highest BCUT2D eigenvalue weighted by Crippen LogP contribution is 2.39. The van der Waals surface area contributed by atoms with Crippen molar-refractivity contribution in [1.29, 1.82) is 0 Å². The van der Waals surface area contributed by atoms with Crippen LogP contribution in [0.15, 0.2) is 0 Å². The highest BCUT2D eigenvalue weighted by Gasteiger charge is 2.38. The van der Waals surface area contributed by atoms with E-state index in [0.29, 0.717) is 24.7 Å². The third-order valence-electron chi connectivity index (χ3n) is 6.11. The number of nitrogens with zero attached hydrogens (tertiary/aromatic N) is 5. The summed E-state index contributed by atoms with van der Waals surface area (Å²) in [5.74, 6) is 2.29. The first-order valence-corrected chi connectivity index (χ1v) is 9.74. The number of fused-ring (bicyclic) bond motifs is 1. The summed E-state index contributed by atoms with van der Waals surface area (Å²) in [6.07, 6.45) is 7.40. The van der Waals surface area contributed by atoms with Crippen molar-refractivity contribution in [2.24, 2.45) is 5.92 Å². The van der Waals surface area contributed by atoms with E-state index in [1.54, 1.807) is 19.0 Å². The van der Waals surface area contributed by atoms with Crippen molar-refractivity contribution in [2.45, 2.75) is 63.6 Å². The van der Waals surface area contributed by atoms with Crippen molar-refractivity contribution in [2.75, 3.05) is 25.5 Å². The lowest BCUT2D eigenvalue weighted by molar-refractivity contribution is -0.129. The lowest BCUT2D eigenvalue weighted by Gasteiger charge is -2.38. The Hall–Kier alpha value is -2.12. The van der Waals surface area contributed by atoms with Crippen LogP contribution in [0.1, 0.15) is 56.8 Å². The molecule has 1 aliphatic carbocycles. The van der Waals surface area contributed by atoms with Gasteiger partial charge in [0.2, 0.25) is 17.8 Å². The van der Waals surface area contributed by atoms with E-state index in [1.807, 2.05) is 4.57 Å². The standard InChI is InChI=1S/C18H28N6O2/c1-22(2)16(26)11-24-17(13-8-9-15(25)19-13)20-21-18(24)23-10-4-6-12-5-3-7-14(12)23/h12-14H,3-11H2,1-2H3,(H,19,25). The molecule has 26 heavy (non-hydrogen) atoms. The van der Waals surface area contributed by atoms with Gasteiger partial charge < -0.3 is 15.1 Å². The summed E-state index contributed by atoms with van der Waals surface area (Å²) in [5.41, 5.74) is 0. The fraction of sp³-hybridized carbons (Fsp3) is 0.778. The van der Waals surface area contributed by atoms with Crippen LogP contribution >= 0.6 is 0 Å². The van der Waals surface area contributed by atoms with Crippen LogP contribution in [0.2, 0.25) is 0 Å². The molecule has 3 aliphatic rings. The first kappa shape index (κ1) is 17.3. The summed E-state index contributed by atoms with van der Waals surface area (Å²) >= 11 is 0. The summed E-state index contributed by atoms with van der Waals surface area (Å²) in [7, 11) is 3.52. The van der Waals surface area contributed by atoms with E-state index < -0.39 is 0 Å².